The van der Waals surface area contributed by atoms with Crippen LogP contribution in [0.1, 0.15) is 32.3 Å². The van der Waals surface area contributed by atoms with Gasteiger partial charge in [0.25, 0.3) is 0 Å². The Morgan fingerprint density at radius 1 is 1.03 bits per heavy atom. The molecule has 0 saturated carbocycles. The fourth-order valence-electron chi connectivity index (χ4n) is 2.49. The lowest BCUT2D eigenvalue weighted by Crippen LogP contribution is -2.34. The molecule has 0 atom stereocenters. The lowest BCUT2D eigenvalue weighted by atomic mass is 10.2. The van der Waals surface area contributed by atoms with E-state index in [9.17, 15) is 9.59 Å². The summed E-state index contributed by atoms with van der Waals surface area (Å²) >= 11 is 5.15. The van der Waals surface area contributed by atoms with Crippen LogP contribution in [-0.2, 0) is 20.7 Å². The number of thiocarbonyl (C=S) groups is 1. The monoisotopic (exact) mass is 414 g/mol. The number of hydrogen-bond acceptors (Lipinski definition) is 5. The summed E-state index contributed by atoms with van der Waals surface area (Å²) in [6.45, 7) is 4.18. The van der Waals surface area contributed by atoms with E-state index in [0.29, 0.717) is 24.5 Å². The van der Waals surface area contributed by atoms with Crippen molar-refractivity contribution in [3.05, 3.63) is 60.2 Å². The molecule has 0 aliphatic rings. The first-order chi connectivity index (χ1) is 13.9. The summed E-state index contributed by atoms with van der Waals surface area (Å²) in [6.07, 6.45) is 0.708. The molecular weight excluding hydrogens is 388 g/mol. The number of ether oxygens (including phenoxy) is 2. The molecule has 0 fully saturated rings. The van der Waals surface area contributed by atoms with Crippen molar-refractivity contribution in [1.29, 1.82) is 0 Å². The third-order valence-electron chi connectivity index (χ3n) is 3.77. The summed E-state index contributed by atoms with van der Waals surface area (Å²) in [5, 5.41) is 5.65. The molecule has 154 valence electrons. The Bertz CT molecular complexity index is 825. The molecule has 0 radical (unpaired) electrons. The van der Waals surface area contributed by atoms with Crippen LogP contribution in [0.2, 0.25) is 0 Å². The van der Waals surface area contributed by atoms with Crippen molar-refractivity contribution in [2.45, 2.75) is 39.2 Å². The number of hydrogen-bond donors (Lipinski definition) is 2. The lowest BCUT2D eigenvalue weighted by Gasteiger charge is -2.13. The van der Waals surface area contributed by atoms with Gasteiger partial charge >= 0.3 is 5.97 Å². The van der Waals surface area contributed by atoms with Gasteiger partial charge in [0.05, 0.1) is 19.1 Å². The topological polar surface area (TPSA) is 76.7 Å². The van der Waals surface area contributed by atoms with Crippen molar-refractivity contribution in [1.82, 2.24) is 5.32 Å². The molecule has 29 heavy (non-hydrogen) atoms. The molecular formula is C22H26N2O4S. The van der Waals surface area contributed by atoms with Gasteiger partial charge in [-0.15, -0.1) is 0 Å². The van der Waals surface area contributed by atoms with E-state index >= 15 is 0 Å². The third-order valence-corrected chi connectivity index (χ3v) is 3.97. The van der Waals surface area contributed by atoms with Gasteiger partial charge in [-0.1, -0.05) is 36.4 Å². The highest BCUT2D eigenvalue weighted by atomic mass is 32.1. The standard InChI is InChI=1S/C22H26N2O4S/c1-16(2)28-19-10-6-9-18(15-19)23-22(29)24-20(25)11-12-21(26)27-14-13-17-7-4-3-5-8-17/h3-10,15-16H,11-14H2,1-2H3,(H2,23,24,25,29). The van der Waals surface area contributed by atoms with Crippen molar-refractivity contribution in [2.75, 3.05) is 11.9 Å². The normalized spacial score (nSPS) is 10.3. The smallest absolute Gasteiger partial charge is 0.306 e. The fourth-order valence-corrected chi connectivity index (χ4v) is 2.72. The quantitative estimate of drug-likeness (QED) is 0.479. The Labute approximate surface area is 176 Å². The van der Waals surface area contributed by atoms with Crippen LogP contribution in [0, 0.1) is 0 Å². The van der Waals surface area contributed by atoms with Gasteiger partial charge in [0.2, 0.25) is 5.91 Å². The zero-order valence-corrected chi connectivity index (χ0v) is 17.5. The highest BCUT2D eigenvalue weighted by Crippen LogP contribution is 2.18. The third kappa shape index (κ3) is 9.21. The number of benzene rings is 2. The molecule has 6 nitrogen and oxygen atoms in total. The van der Waals surface area contributed by atoms with Crippen LogP contribution in [0.4, 0.5) is 5.69 Å². The van der Waals surface area contributed by atoms with E-state index in [4.69, 9.17) is 21.7 Å². The van der Waals surface area contributed by atoms with Gasteiger partial charge in [-0.2, -0.15) is 0 Å². The Morgan fingerprint density at radius 2 is 1.79 bits per heavy atom. The molecule has 1 amide bonds. The van der Waals surface area contributed by atoms with E-state index in [-0.39, 0.29) is 30.0 Å². The molecule has 0 aliphatic carbocycles. The summed E-state index contributed by atoms with van der Waals surface area (Å²) in [5.74, 6) is -0.0528. The molecule has 0 heterocycles. The first-order valence-electron chi connectivity index (χ1n) is 9.49. The van der Waals surface area contributed by atoms with Crippen molar-refractivity contribution in [2.24, 2.45) is 0 Å². The van der Waals surface area contributed by atoms with Gasteiger partial charge in [0.15, 0.2) is 5.11 Å². The number of nitrogens with one attached hydrogen (secondary N) is 2. The molecule has 0 aliphatic heterocycles. The zero-order valence-electron chi connectivity index (χ0n) is 16.6. The summed E-state index contributed by atoms with van der Waals surface area (Å²) in [7, 11) is 0. The first-order valence-corrected chi connectivity index (χ1v) is 9.90. The number of carbonyl (C=O) groups excluding carboxylic acids is 2. The molecule has 0 bridgehead atoms. The van der Waals surface area contributed by atoms with Crippen molar-refractivity contribution >= 4 is 34.9 Å². The maximum absolute atomic E-state index is 12.0. The van der Waals surface area contributed by atoms with Crippen LogP contribution in [0.5, 0.6) is 5.75 Å². The molecule has 2 N–H and O–H groups in total. The highest BCUT2D eigenvalue weighted by molar-refractivity contribution is 7.80. The SMILES string of the molecule is CC(C)Oc1cccc(NC(=S)NC(=O)CCC(=O)OCCc2ccccc2)c1. The average molecular weight is 415 g/mol. The largest absolute Gasteiger partial charge is 0.491 e. The van der Waals surface area contributed by atoms with Gasteiger partial charge in [0, 0.05) is 24.6 Å². The van der Waals surface area contributed by atoms with E-state index in [1.54, 1.807) is 6.07 Å². The van der Waals surface area contributed by atoms with E-state index in [0.717, 1.165) is 5.56 Å². The minimum atomic E-state index is -0.409. The van der Waals surface area contributed by atoms with Crippen LogP contribution >= 0.6 is 12.2 Å². The van der Waals surface area contributed by atoms with Crippen LogP contribution in [-0.4, -0.2) is 29.7 Å². The molecule has 0 spiro atoms. The van der Waals surface area contributed by atoms with Gasteiger partial charge in [-0.05, 0) is 43.8 Å². The first kappa shape index (κ1) is 22.4. The van der Waals surface area contributed by atoms with Crippen LogP contribution < -0.4 is 15.4 Å². The second kappa shape index (κ2) is 11.8. The Kier molecular flexibility index (Phi) is 9.11. The van der Waals surface area contributed by atoms with Crippen LogP contribution in [0.25, 0.3) is 0 Å². The van der Waals surface area contributed by atoms with Gasteiger partial charge in [-0.25, -0.2) is 0 Å². The number of anilines is 1. The van der Waals surface area contributed by atoms with E-state index in [2.05, 4.69) is 10.6 Å². The summed E-state index contributed by atoms with van der Waals surface area (Å²) in [5.41, 5.74) is 1.80. The van der Waals surface area contributed by atoms with Crippen LogP contribution in [0.15, 0.2) is 54.6 Å². The summed E-state index contributed by atoms with van der Waals surface area (Å²) in [4.78, 5) is 23.8. The van der Waals surface area contributed by atoms with Crippen molar-refractivity contribution < 1.29 is 19.1 Å². The fraction of sp³-hybridized carbons (Fsp3) is 0.318. The molecule has 2 rings (SSSR count). The van der Waals surface area contributed by atoms with E-state index in [1.807, 2.05) is 62.4 Å². The maximum atomic E-state index is 12.0. The predicted octanol–water partition coefficient (Wildman–Crippen LogP) is 3.85. The Hall–Kier alpha value is -2.93. The number of amides is 1. The minimum Gasteiger partial charge on any atom is -0.491 e. The molecule has 2 aromatic rings. The van der Waals surface area contributed by atoms with Crippen molar-refractivity contribution in [3.63, 3.8) is 0 Å². The molecule has 0 saturated heterocycles. The lowest BCUT2D eigenvalue weighted by molar-refractivity contribution is -0.144. The van der Waals surface area contributed by atoms with Gasteiger partial charge < -0.3 is 20.1 Å². The number of carbonyl (C=O) groups is 2. The summed E-state index contributed by atoms with van der Waals surface area (Å²) < 4.78 is 10.8. The van der Waals surface area contributed by atoms with Gasteiger partial charge in [0.1, 0.15) is 5.75 Å². The highest BCUT2D eigenvalue weighted by Gasteiger charge is 2.10. The number of esters is 1. The Balaban J connectivity index is 1.66. The number of rotatable bonds is 9. The van der Waals surface area contributed by atoms with Crippen LogP contribution in [0.3, 0.4) is 0 Å². The maximum Gasteiger partial charge on any atom is 0.306 e. The zero-order chi connectivity index (χ0) is 21.1. The molecule has 7 heteroatoms. The molecule has 0 unspecified atom stereocenters. The second-order valence-electron chi connectivity index (χ2n) is 6.65. The minimum absolute atomic E-state index is 0.000942. The average Bonchev–Trinajstić information content (AvgIpc) is 2.67. The Morgan fingerprint density at radius 3 is 2.52 bits per heavy atom. The second-order valence-corrected chi connectivity index (χ2v) is 7.06. The van der Waals surface area contributed by atoms with Gasteiger partial charge in [-0.3, -0.25) is 9.59 Å². The molecule has 0 aromatic heterocycles. The van der Waals surface area contributed by atoms with E-state index < -0.39 is 5.97 Å². The van der Waals surface area contributed by atoms with E-state index in [1.165, 1.54) is 0 Å². The molecule has 2 aromatic carbocycles. The predicted molar refractivity (Wildman–Crippen MR) is 117 cm³/mol. The van der Waals surface area contributed by atoms with Crippen molar-refractivity contribution in [3.8, 4) is 5.75 Å². The summed E-state index contributed by atoms with van der Waals surface area (Å²) in [6, 6.07) is 17.0.